The highest BCUT2D eigenvalue weighted by atomic mass is 16.5. The first-order chi connectivity index (χ1) is 10.2. The monoisotopic (exact) mass is 287 g/mol. The maximum Gasteiger partial charge on any atom is 0.130 e. The number of hydrogen-bond acceptors (Lipinski definition) is 4. The first kappa shape index (κ1) is 15.1. The molecule has 2 rings (SSSR count). The van der Waals surface area contributed by atoms with Crippen LogP contribution in [0.15, 0.2) is 35.5 Å². The zero-order valence-corrected chi connectivity index (χ0v) is 12.7. The van der Waals surface area contributed by atoms with E-state index in [2.05, 4.69) is 30.2 Å². The zero-order chi connectivity index (χ0) is 15.2. The lowest BCUT2D eigenvalue weighted by Crippen LogP contribution is -2.06. The fourth-order valence-electron chi connectivity index (χ4n) is 2.10. The number of oxime groups is 1. The van der Waals surface area contributed by atoms with Crippen LogP contribution in [-0.4, -0.2) is 20.7 Å². The van der Waals surface area contributed by atoms with Gasteiger partial charge in [-0.1, -0.05) is 24.2 Å². The molecule has 0 aliphatic heterocycles. The lowest BCUT2D eigenvalue weighted by molar-refractivity contribution is 0.292. The Labute approximate surface area is 124 Å². The first-order valence-corrected chi connectivity index (χ1v) is 7.15. The van der Waals surface area contributed by atoms with Crippen LogP contribution in [0.4, 0.5) is 0 Å². The van der Waals surface area contributed by atoms with Gasteiger partial charge in [0, 0.05) is 12.1 Å². The maximum absolute atomic E-state index is 8.82. The van der Waals surface area contributed by atoms with Gasteiger partial charge in [-0.3, -0.25) is 4.68 Å². The van der Waals surface area contributed by atoms with E-state index in [1.807, 2.05) is 28.9 Å². The Hall–Kier alpha value is -2.30. The Kier molecular flexibility index (Phi) is 4.98. The molecule has 0 saturated carbocycles. The molecule has 21 heavy (non-hydrogen) atoms. The summed E-state index contributed by atoms with van der Waals surface area (Å²) < 4.78 is 7.79. The number of benzene rings is 1. The van der Waals surface area contributed by atoms with E-state index in [1.54, 1.807) is 6.92 Å². The van der Waals surface area contributed by atoms with Crippen molar-refractivity contribution in [1.29, 1.82) is 0 Å². The molecule has 0 amide bonds. The fraction of sp³-hybridized carbons (Fsp3) is 0.375. The first-order valence-electron chi connectivity index (χ1n) is 7.15. The van der Waals surface area contributed by atoms with Gasteiger partial charge in [0.05, 0.1) is 17.1 Å². The van der Waals surface area contributed by atoms with Crippen LogP contribution >= 0.6 is 0 Å². The van der Waals surface area contributed by atoms with Crippen molar-refractivity contribution in [3.05, 3.63) is 47.3 Å². The van der Waals surface area contributed by atoms with E-state index in [9.17, 15) is 0 Å². The normalized spacial score (nSPS) is 11.7. The Bertz CT molecular complexity index is 632. The third-order valence-electron chi connectivity index (χ3n) is 3.36. The van der Waals surface area contributed by atoms with Crippen molar-refractivity contribution in [1.82, 2.24) is 9.78 Å². The van der Waals surface area contributed by atoms with E-state index < -0.39 is 0 Å². The molecule has 5 nitrogen and oxygen atoms in total. The van der Waals surface area contributed by atoms with Crippen LogP contribution < -0.4 is 4.74 Å². The van der Waals surface area contributed by atoms with E-state index in [0.29, 0.717) is 12.3 Å². The van der Waals surface area contributed by atoms with E-state index in [4.69, 9.17) is 9.94 Å². The quantitative estimate of drug-likeness (QED) is 0.504. The number of aryl methyl sites for hydroxylation is 2. The third kappa shape index (κ3) is 3.62. The summed E-state index contributed by atoms with van der Waals surface area (Å²) in [5.41, 5.74) is 3.54. The number of hydrogen-bond donors (Lipinski definition) is 1. The maximum atomic E-state index is 8.82. The third-order valence-corrected chi connectivity index (χ3v) is 3.36. The molecule has 0 bridgehead atoms. The number of ether oxygens (including phenoxy) is 1. The molecule has 5 heteroatoms. The molecule has 1 aromatic carbocycles. The molecule has 0 aliphatic rings. The molecule has 0 spiro atoms. The van der Waals surface area contributed by atoms with Crippen LogP contribution in [0.1, 0.15) is 37.7 Å². The summed E-state index contributed by atoms with van der Waals surface area (Å²) in [6, 6.07) is 9.60. The number of aromatic nitrogens is 2. The predicted molar refractivity (Wildman–Crippen MR) is 82.1 cm³/mol. The van der Waals surface area contributed by atoms with Gasteiger partial charge in [0.1, 0.15) is 12.4 Å². The van der Waals surface area contributed by atoms with Gasteiger partial charge in [-0.2, -0.15) is 5.10 Å². The van der Waals surface area contributed by atoms with Crippen LogP contribution in [0.3, 0.4) is 0 Å². The molecule has 0 aliphatic carbocycles. The van der Waals surface area contributed by atoms with Crippen molar-refractivity contribution in [3.63, 3.8) is 0 Å². The summed E-state index contributed by atoms with van der Waals surface area (Å²) in [7, 11) is 0. The van der Waals surface area contributed by atoms with Crippen molar-refractivity contribution in [2.24, 2.45) is 5.16 Å². The van der Waals surface area contributed by atoms with Crippen molar-refractivity contribution < 1.29 is 9.94 Å². The van der Waals surface area contributed by atoms with Crippen molar-refractivity contribution in [2.45, 2.75) is 40.3 Å². The summed E-state index contributed by atoms with van der Waals surface area (Å²) in [4.78, 5) is 0. The number of nitrogens with zero attached hydrogens (tertiary/aromatic N) is 3. The highest BCUT2D eigenvalue weighted by molar-refractivity contribution is 5.98. The standard InChI is InChI=1S/C16H21N3O2/c1-4-14-10-15(19(5-2)17-14)11-21-16-8-6-7-13(9-16)12(3)18-20/h6-10,20H,4-5,11H2,1-3H3. The van der Waals surface area contributed by atoms with Crippen molar-refractivity contribution in [2.75, 3.05) is 0 Å². The molecule has 112 valence electrons. The topological polar surface area (TPSA) is 59.6 Å². The van der Waals surface area contributed by atoms with Gasteiger partial charge < -0.3 is 9.94 Å². The highest BCUT2D eigenvalue weighted by Crippen LogP contribution is 2.16. The Morgan fingerprint density at radius 1 is 1.33 bits per heavy atom. The molecule has 0 saturated heterocycles. The Balaban J connectivity index is 2.11. The van der Waals surface area contributed by atoms with Gasteiger partial charge >= 0.3 is 0 Å². The minimum absolute atomic E-state index is 0.472. The average Bonchev–Trinajstić information content (AvgIpc) is 2.94. The fourth-order valence-corrected chi connectivity index (χ4v) is 2.10. The Morgan fingerprint density at radius 2 is 2.14 bits per heavy atom. The van der Waals surface area contributed by atoms with E-state index in [1.165, 1.54) is 0 Å². The van der Waals surface area contributed by atoms with Gasteiger partial charge in [0.2, 0.25) is 0 Å². The molecular weight excluding hydrogens is 266 g/mol. The van der Waals surface area contributed by atoms with E-state index >= 15 is 0 Å². The minimum atomic E-state index is 0.472. The highest BCUT2D eigenvalue weighted by Gasteiger charge is 2.07. The van der Waals surface area contributed by atoms with Crippen LogP contribution in [0, 0.1) is 0 Å². The zero-order valence-electron chi connectivity index (χ0n) is 12.7. The summed E-state index contributed by atoms with van der Waals surface area (Å²) in [5, 5.41) is 16.5. The SMILES string of the molecule is CCc1cc(COc2cccc(C(C)=NO)c2)n(CC)n1. The molecular formula is C16H21N3O2. The largest absolute Gasteiger partial charge is 0.487 e. The molecule has 0 fully saturated rings. The molecule has 1 N–H and O–H groups in total. The summed E-state index contributed by atoms with van der Waals surface area (Å²) in [5.74, 6) is 0.748. The van der Waals surface area contributed by atoms with Gasteiger partial charge in [-0.05, 0) is 38.5 Å². The van der Waals surface area contributed by atoms with Crippen LogP contribution in [-0.2, 0) is 19.6 Å². The average molecular weight is 287 g/mol. The van der Waals surface area contributed by atoms with Gasteiger partial charge in [0.15, 0.2) is 0 Å². The van der Waals surface area contributed by atoms with E-state index in [-0.39, 0.29) is 0 Å². The minimum Gasteiger partial charge on any atom is -0.487 e. The molecule has 1 heterocycles. The second-order valence-corrected chi connectivity index (χ2v) is 4.80. The predicted octanol–water partition coefficient (Wildman–Crippen LogP) is 3.24. The summed E-state index contributed by atoms with van der Waals surface area (Å²) >= 11 is 0. The van der Waals surface area contributed by atoms with Gasteiger partial charge in [-0.25, -0.2) is 0 Å². The van der Waals surface area contributed by atoms with Crippen molar-refractivity contribution in [3.8, 4) is 5.75 Å². The molecule has 0 radical (unpaired) electrons. The van der Waals surface area contributed by atoms with Gasteiger partial charge in [0.25, 0.3) is 0 Å². The van der Waals surface area contributed by atoms with E-state index in [0.717, 1.165) is 35.7 Å². The Morgan fingerprint density at radius 3 is 2.81 bits per heavy atom. The van der Waals surface area contributed by atoms with Gasteiger partial charge in [-0.15, -0.1) is 0 Å². The molecule has 0 unspecified atom stereocenters. The molecule has 2 aromatic rings. The molecule has 1 aromatic heterocycles. The summed E-state index contributed by atoms with van der Waals surface area (Å²) in [6.45, 7) is 7.21. The lowest BCUT2D eigenvalue weighted by Gasteiger charge is -2.08. The lowest BCUT2D eigenvalue weighted by atomic mass is 10.1. The smallest absolute Gasteiger partial charge is 0.130 e. The van der Waals surface area contributed by atoms with Crippen LogP contribution in [0.2, 0.25) is 0 Å². The van der Waals surface area contributed by atoms with Crippen LogP contribution in [0.25, 0.3) is 0 Å². The summed E-state index contributed by atoms with van der Waals surface area (Å²) in [6.07, 6.45) is 0.918. The van der Waals surface area contributed by atoms with Crippen molar-refractivity contribution >= 4 is 5.71 Å². The second kappa shape index (κ2) is 6.92. The number of rotatable bonds is 6. The second-order valence-electron chi connectivity index (χ2n) is 4.80. The molecule has 0 atom stereocenters. The van der Waals surface area contributed by atoms with Crippen LogP contribution in [0.5, 0.6) is 5.75 Å².